The third kappa shape index (κ3) is 3.18. The molecule has 0 saturated carbocycles. The van der Waals surface area contributed by atoms with Gasteiger partial charge in [0.1, 0.15) is 0 Å². The summed E-state index contributed by atoms with van der Waals surface area (Å²) in [6, 6.07) is 0.362. The number of piperidine rings is 1. The first kappa shape index (κ1) is 16.2. The Bertz CT molecular complexity index is 668. The van der Waals surface area contributed by atoms with Crippen LogP contribution in [0.3, 0.4) is 0 Å². The fourth-order valence-corrected chi connectivity index (χ4v) is 2.44. The first-order valence-corrected chi connectivity index (χ1v) is 6.76. The molecular formula is C13H17ClN6O2. The molecule has 4 N–H and O–H groups in total. The topological polar surface area (TPSA) is 119 Å². The van der Waals surface area contributed by atoms with E-state index in [1.54, 1.807) is 6.20 Å². The van der Waals surface area contributed by atoms with Crippen LogP contribution >= 0.6 is 12.4 Å². The Balaban J connectivity index is 0.00000176. The number of nitrogens with one attached hydrogen (secondary N) is 1. The molecule has 0 unspecified atom stereocenters. The first-order chi connectivity index (χ1) is 10.1. The summed E-state index contributed by atoms with van der Waals surface area (Å²) in [4.78, 5) is 19.0. The lowest BCUT2D eigenvalue weighted by atomic mass is 10.1. The van der Waals surface area contributed by atoms with Gasteiger partial charge >= 0.3 is 5.97 Å². The standard InChI is InChI=1S/C13H16N6O2.ClH/c14-12-11(13(20)21)18-10(6-16-12)8-5-17-19(7-8)9-1-3-15-4-2-9;/h5-7,9,15H,1-4H2,(H2,14,16)(H,20,21);1H. The second-order valence-electron chi connectivity index (χ2n) is 4.98. The molecule has 22 heavy (non-hydrogen) atoms. The van der Waals surface area contributed by atoms with Crippen LogP contribution in [0.1, 0.15) is 29.4 Å². The van der Waals surface area contributed by atoms with Crippen molar-refractivity contribution in [3.8, 4) is 11.3 Å². The van der Waals surface area contributed by atoms with E-state index >= 15 is 0 Å². The molecule has 0 atom stereocenters. The van der Waals surface area contributed by atoms with Crippen molar-refractivity contribution in [3.05, 3.63) is 24.3 Å². The van der Waals surface area contributed by atoms with Crippen LogP contribution in [0.2, 0.25) is 0 Å². The number of carbonyl (C=O) groups is 1. The molecular weight excluding hydrogens is 308 g/mol. The molecule has 8 nitrogen and oxygen atoms in total. The summed E-state index contributed by atoms with van der Waals surface area (Å²) >= 11 is 0. The average Bonchev–Trinajstić information content (AvgIpc) is 2.98. The van der Waals surface area contributed by atoms with E-state index in [0.29, 0.717) is 11.7 Å². The highest BCUT2D eigenvalue weighted by atomic mass is 35.5. The predicted molar refractivity (Wildman–Crippen MR) is 83.0 cm³/mol. The third-order valence-electron chi connectivity index (χ3n) is 3.58. The van der Waals surface area contributed by atoms with Gasteiger partial charge in [0.25, 0.3) is 0 Å². The molecule has 118 valence electrons. The summed E-state index contributed by atoms with van der Waals surface area (Å²) in [6.07, 6.45) is 7.06. The molecule has 0 aliphatic carbocycles. The SMILES string of the molecule is Cl.Nc1ncc(-c2cnn(C3CCNCC3)c2)nc1C(=O)O. The van der Waals surface area contributed by atoms with E-state index in [2.05, 4.69) is 20.4 Å². The molecule has 0 bridgehead atoms. The van der Waals surface area contributed by atoms with Gasteiger partial charge in [-0.25, -0.2) is 14.8 Å². The fourth-order valence-electron chi connectivity index (χ4n) is 2.44. The van der Waals surface area contributed by atoms with Crippen molar-refractivity contribution >= 4 is 24.2 Å². The predicted octanol–water partition coefficient (Wildman–Crippen LogP) is 0.967. The molecule has 9 heteroatoms. The second kappa shape index (κ2) is 6.71. The molecule has 2 aromatic rings. The van der Waals surface area contributed by atoms with Crippen molar-refractivity contribution in [2.75, 3.05) is 18.8 Å². The van der Waals surface area contributed by atoms with Gasteiger partial charge in [-0.05, 0) is 25.9 Å². The number of nitrogen functional groups attached to an aromatic ring is 1. The summed E-state index contributed by atoms with van der Waals surface area (Å²) < 4.78 is 1.91. The van der Waals surface area contributed by atoms with Crippen molar-refractivity contribution in [3.63, 3.8) is 0 Å². The highest BCUT2D eigenvalue weighted by Crippen LogP contribution is 2.22. The number of anilines is 1. The van der Waals surface area contributed by atoms with Crippen LogP contribution in [-0.2, 0) is 0 Å². The Morgan fingerprint density at radius 3 is 2.77 bits per heavy atom. The molecule has 0 amide bonds. The van der Waals surface area contributed by atoms with Gasteiger partial charge in [-0.15, -0.1) is 12.4 Å². The van der Waals surface area contributed by atoms with Crippen LogP contribution in [0.25, 0.3) is 11.3 Å². The lowest BCUT2D eigenvalue weighted by Crippen LogP contribution is -2.29. The lowest BCUT2D eigenvalue weighted by molar-refractivity contribution is 0.0691. The Morgan fingerprint density at radius 2 is 2.09 bits per heavy atom. The van der Waals surface area contributed by atoms with Crippen LogP contribution < -0.4 is 11.1 Å². The van der Waals surface area contributed by atoms with Crippen LogP contribution in [0.15, 0.2) is 18.6 Å². The van der Waals surface area contributed by atoms with Gasteiger partial charge in [-0.2, -0.15) is 5.10 Å². The number of carboxylic acid groups (broad SMARTS) is 1. The minimum atomic E-state index is -1.19. The van der Waals surface area contributed by atoms with Gasteiger partial charge in [0.2, 0.25) is 0 Å². The number of carboxylic acids is 1. The number of hydrogen-bond donors (Lipinski definition) is 3. The zero-order valence-electron chi connectivity index (χ0n) is 11.8. The van der Waals surface area contributed by atoms with Crippen molar-refractivity contribution in [1.29, 1.82) is 0 Å². The normalized spacial score (nSPS) is 15.3. The summed E-state index contributed by atoms with van der Waals surface area (Å²) in [6.45, 7) is 1.95. The number of aromatic nitrogens is 4. The largest absolute Gasteiger partial charge is 0.476 e. The van der Waals surface area contributed by atoms with Gasteiger partial charge in [-0.3, -0.25) is 4.68 Å². The van der Waals surface area contributed by atoms with Gasteiger partial charge in [0.05, 0.1) is 24.1 Å². The maximum Gasteiger partial charge on any atom is 0.358 e. The Kier molecular flexibility index (Phi) is 4.94. The quantitative estimate of drug-likeness (QED) is 0.769. The van der Waals surface area contributed by atoms with E-state index in [9.17, 15) is 4.79 Å². The second-order valence-corrected chi connectivity index (χ2v) is 4.98. The molecule has 3 rings (SSSR count). The van der Waals surface area contributed by atoms with E-state index < -0.39 is 5.97 Å². The minimum Gasteiger partial charge on any atom is -0.476 e. The lowest BCUT2D eigenvalue weighted by Gasteiger charge is -2.22. The first-order valence-electron chi connectivity index (χ1n) is 6.76. The molecule has 0 radical (unpaired) electrons. The van der Waals surface area contributed by atoms with Crippen molar-refractivity contribution in [1.82, 2.24) is 25.1 Å². The van der Waals surface area contributed by atoms with Gasteiger partial charge in [0, 0.05) is 11.8 Å². The summed E-state index contributed by atoms with van der Waals surface area (Å²) in [5.41, 5.74) is 6.47. The van der Waals surface area contributed by atoms with Crippen molar-refractivity contribution in [2.24, 2.45) is 0 Å². The highest BCUT2D eigenvalue weighted by molar-refractivity contribution is 5.90. The molecule has 1 saturated heterocycles. The monoisotopic (exact) mass is 324 g/mol. The van der Waals surface area contributed by atoms with E-state index in [1.165, 1.54) is 6.20 Å². The van der Waals surface area contributed by atoms with Gasteiger partial charge < -0.3 is 16.2 Å². The number of nitrogens with two attached hydrogens (primary N) is 1. The molecule has 1 aliphatic heterocycles. The van der Waals surface area contributed by atoms with Crippen LogP contribution in [0.5, 0.6) is 0 Å². The Labute approximate surface area is 133 Å². The van der Waals surface area contributed by atoms with E-state index in [0.717, 1.165) is 31.5 Å². The van der Waals surface area contributed by atoms with E-state index in [4.69, 9.17) is 10.8 Å². The number of halogens is 1. The number of nitrogens with zero attached hydrogens (tertiary/aromatic N) is 4. The number of aromatic carboxylic acids is 1. The Hall–Kier alpha value is -2.19. The van der Waals surface area contributed by atoms with Gasteiger partial charge in [0.15, 0.2) is 11.5 Å². The van der Waals surface area contributed by atoms with E-state index in [-0.39, 0.29) is 23.9 Å². The third-order valence-corrected chi connectivity index (χ3v) is 3.58. The zero-order chi connectivity index (χ0) is 14.8. The molecule has 1 fully saturated rings. The number of hydrogen-bond acceptors (Lipinski definition) is 6. The molecule has 0 aromatic carbocycles. The zero-order valence-corrected chi connectivity index (χ0v) is 12.6. The number of rotatable bonds is 3. The maximum atomic E-state index is 11.0. The minimum absolute atomic E-state index is 0. The molecule has 2 aromatic heterocycles. The maximum absolute atomic E-state index is 11.0. The summed E-state index contributed by atoms with van der Waals surface area (Å²) in [5.74, 6) is -1.27. The van der Waals surface area contributed by atoms with Gasteiger partial charge in [-0.1, -0.05) is 0 Å². The molecule has 3 heterocycles. The van der Waals surface area contributed by atoms with Crippen LogP contribution in [0.4, 0.5) is 5.82 Å². The van der Waals surface area contributed by atoms with Crippen molar-refractivity contribution < 1.29 is 9.90 Å². The summed E-state index contributed by atoms with van der Waals surface area (Å²) in [5, 5.41) is 16.7. The van der Waals surface area contributed by atoms with Crippen molar-refractivity contribution in [2.45, 2.75) is 18.9 Å². The molecule has 0 spiro atoms. The smallest absolute Gasteiger partial charge is 0.358 e. The van der Waals surface area contributed by atoms with Crippen LogP contribution in [-0.4, -0.2) is 43.9 Å². The molecule has 1 aliphatic rings. The summed E-state index contributed by atoms with van der Waals surface area (Å²) in [7, 11) is 0. The average molecular weight is 325 g/mol. The van der Waals surface area contributed by atoms with E-state index in [1.807, 2.05) is 10.9 Å². The van der Waals surface area contributed by atoms with Crippen LogP contribution in [0, 0.1) is 0 Å². The fraction of sp³-hybridized carbons (Fsp3) is 0.385. The highest BCUT2D eigenvalue weighted by Gasteiger charge is 2.18. The Morgan fingerprint density at radius 1 is 1.36 bits per heavy atom.